The molecular weight excluding hydrogens is 235 g/mol. The van der Waals surface area contributed by atoms with Gasteiger partial charge in [0, 0.05) is 6.20 Å². The summed E-state index contributed by atoms with van der Waals surface area (Å²) in [6, 6.07) is 2.04. The van der Waals surface area contributed by atoms with Gasteiger partial charge in [-0.2, -0.15) is 13.2 Å². The lowest BCUT2D eigenvalue weighted by atomic mass is 9.95. The minimum Gasteiger partial charge on any atom is -0.481 e. The molecule has 0 aromatic carbocycles. The van der Waals surface area contributed by atoms with E-state index in [2.05, 4.69) is 4.98 Å². The topological polar surface area (TPSA) is 50.2 Å². The molecule has 92 valence electrons. The summed E-state index contributed by atoms with van der Waals surface area (Å²) < 4.78 is 38.2. The van der Waals surface area contributed by atoms with Gasteiger partial charge in [-0.1, -0.05) is 0 Å². The van der Waals surface area contributed by atoms with Crippen molar-refractivity contribution in [3.05, 3.63) is 29.6 Å². The van der Waals surface area contributed by atoms with Crippen molar-refractivity contribution >= 4 is 5.97 Å². The minimum atomic E-state index is -4.56. The van der Waals surface area contributed by atoms with E-state index in [0.29, 0.717) is 12.8 Å². The van der Waals surface area contributed by atoms with Crippen molar-refractivity contribution in [2.45, 2.75) is 24.9 Å². The summed E-state index contributed by atoms with van der Waals surface area (Å²) >= 11 is 0. The number of alkyl halides is 3. The SMILES string of the molecule is O=C(O)C(c1ncccc1C(F)(F)F)C1CC1. The lowest BCUT2D eigenvalue weighted by Gasteiger charge is -2.16. The normalized spacial score (nSPS) is 17.8. The number of aliphatic carboxylic acids is 1. The summed E-state index contributed by atoms with van der Waals surface area (Å²) in [6.07, 6.45) is -2.08. The molecule has 6 heteroatoms. The number of nitrogens with zero attached hydrogens (tertiary/aromatic N) is 1. The Hall–Kier alpha value is -1.59. The van der Waals surface area contributed by atoms with Gasteiger partial charge in [0.1, 0.15) is 5.92 Å². The standard InChI is InChI=1S/C11H10F3NO2/c12-11(13,14)7-2-1-5-15-9(7)8(10(16)17)6-3-4-6/h1-2,5-6,8H,3-4H2,(H,16,17). The number of carbonyl (C=O) groups is 1. The Balaban J connectivity index is 2.46. The Bertz CT molecular complexity index is 441. The molecule has 0 bridgehead atoms. The molecule has 0 radical (unpaired) electrons. The first kappa shape index (κ1) is 11.9. The van der Waals surface area contributed by atoms with Gasteiger partial charge >= 0.3 is 12.1 Å². The van der Waals surface area contributed by atoms with Gasteiger partial charge in [0.15, 0.2) is 0 Å². The first-order valence-corrected chi connectivity index (χ1v) is 5.16. The van der Waals surface area contributed by atoms with Crippen LogP contribution >= 0.6 is 0 Å². The van der Waals surface area contributed by atoms with Crippen LogP contribution in [0.2, 0.25) is 0 Å². The molecule has 17 heavy (non-hydrogen) atoms. The third kappa shape index (κ3) is 2.40. The molecular formula is C11H10F3NO2. The van der Waals surface area contributed by atoms with E-state index < -0.39 is 23.6 Å². The fourth-order valence-electron chi connectivity index (χ4n) is 1.88. The second-order valence-electron chi connectivity index (χ2n) is 4.09. The van der Waals surface area contributed by atoms with Crippen molar-refractivity contribution in [2.75, 3.05) is 0 Å². The van der Waals surface area contributed by atoms with Crippen molar-refractivity contribution in [1.29, 1.82) is 0 Å². The van der Waals surface area contributed by atoms with Crippen LogP contribution in [0.3, 0.4) is 0 Å². The van der Waals surface area contributed by atoms with Crippen molar-refractivity contribution in [3.63, 3.8) is 0 Å². The van der Waals surface area contributed by atoms with Crippen LogP contribution in [-0.2, 0) is 11.0 Å². The maximum atomic E-state index is 12.7. The lowest BCUT2D eigenvalue weighted by molar-refractivity contribution is -0.142. The van der Waals surface area contributed by atoms with Gasteiger partial charge < -0.3 is 5.11 Å². The number of hydrogen-bond donors (Lipinski definition) is 1. The van der Waals surface area contributed by atoms with E-state index in [0.717, 1.165) is 12.1 Å². The predicted octanol–water partition coefficient (Wildman–Crippen LogP) is 2.68. The molecule has 0 saturated heterocycles. The molecule has 0 amide bonds. The summed E-state index contributed by atoms with van der Waals surface area (Å²) in [7, 11) is 0. The monoisotopic (exact) mass is 245 g/mol. The molecule has 0 spiro atoms. The summed E-state index contributed by atoms with van der Waals surface area (Å²) in [5, 5.41) is 9.02. The van der Waals surface area contributed by atoms with Crippen LogP contribution in [-0.4, -0.2) is 16.1 Å². The van der Waals surface area contributed by atoms with E-state index in [9.17, 15) is 18.0 Å². The van der Waals surface area contributed by atoms with Gasteiger partial charge in [-0.3, -0.25) is 9.78 Å². The quantitative estimate of drug-likeness (QED) is 0.890. The molecule has 1 heterocycles. The Labute approximate surface area is 95.3 Å². The van der Waals surface area contributed by atoms with E-state index in [1.165, 1.54) is 6.20 Å². The number of carboxylic acid groups (broad SMARTS) is 1. The van der Waals surface area contributed by atoms with Crippen molar-refractivity contribution in [1.82, 2.24) is 4.98 Å². The predicted molar refractivity (Wildman–Crippen MR) is 52.3 cm³/mol. The van der Waals surface area contributed by atoms with Gasteiger partial charge in [-0.25, -0.2) is 0 Å². The lowest BCUT2D eigenvalue weighted by Crippen LogP contribution is -2.20. The highest BCUT2D eigenvalue weighted by atomic mass is 19.4. The molecule has 1 aliphatic carbocycles. The van der Waals surface area contributed by atoms with Crippen LogP contribution in [0.15, 0.2) is 18.3 Å². The first-order chi connectivity index (χ1) is 7.91. The maximum absolute atomic E-state index is 12.7. The molecule has 1 fully saturated rings. The summed E-state index contributed by atoms with van der Waals surface area (Å²) in [6.45, 7) is 0. The molecule has 1 saturated carbocycles. The Morgan fingerprint density at radius 3 is 2.59 bits per heavy atom. The zero-order valence-electron chi connectivity index (χ0n) is 8.74. The van der Waals surface area contributed by atoms with E-state index >= 15 is 0 Å². The van der Waals surface area contributed by atoms with Crippen molar-refractivity contribution < 1.29 is 23.1 Å². The number of rotatable bonds is 3. The highest BCUT2D eigenvalue weighted by Crippen LogP contribution is 2.45. The Morgan fingerprint density at radius 1 is 1.47 bits per heavy atom. The van der Waals surface area contributed by atoms with Crippen LogP contribution in [0.25, 0.3) is 0 Å². The minimum absolute atomic E-state index is 0.219. The number of hydrogen-bond acceptors (Lipinski definition) is 2. The average Bonchev–Trinajstić information content (AvgIpc) is 3.01. The molecule has 1 atom stereocenters. The number of aromatic nitrogens is 1. The number of halogens is 3. The number of pyridine rings is 1. The second-order valence-corrected chi connectivity index (χ2v) is 4.09. The molecule has 2 rings (SSSR count). The maximum Gasteiger partial charge on any atom is 0.418 e. The fraction of sp³-hybridized carbons (Fsp3) is 0.455. The summed E-state index contributed by atoms with van der Waals surface area (Å²) in [5.74, 6) is -2.60. The summed E-state index contributed by atoms with van der Waals surface area (Å²) in [4.78, 5) is 14.7. The van der Waals surface area contributed by atoms with Crippen LogP contribution in [0.4, 0.5) is 13.2 Å². The third-order valence-electron chi connectivity index (χ3n) is 2.80. The fourth-order valence-corrected chi connectivity index (χ4v) is 1.88. The third-order valence-corrected chi connectivity index (χ3v) is 2.80. The van der Waals surface area contributed by atoms with Gasteiger partial charge in [-0.15, -0.1) is 0 Å². The van der Waals surface area contributed by atoms with E-state index in [4.69, 9.17) is 5.11 Å². The zero-order chi connectivity index (χ0) is 12.6. The Morgan fingerprint density at radius 2 is 2.12 bits per heavy atom. The average molecular weight is 245 g/mol. The molecule has 1 aromatic heterocycles. The summed E-state index contributed by atoms with van der Waals surface area (Å²) in [5.41, 5.74) is -1.31. The van der Waals surface area contributed by atoms with E-state index in [-0.39, 0.29) is 11.6 Å². The van der Waals surface area contributed by atoms with Crippen LogP contribution in [0.5, 0.6) is 0 Å². The molecule has 0 aliphatic heterocycles. The number of carboxylic acids is 1. The van der Waals surface area contributed by atoms with Crippen LogP contribution < -0.4 is 0 Å². The zero-order valence-corrected chi connectivity index (χ0v) is 8.74. The van der Waals surface area contributed by atoms with Gasteiger partial charge in [0.25, 0.3) is 0 Å². The smallest absolute Gasteiger partial charge is 0.418 e. The molecule has 1 N–H and O–H groups in total. The van der Waals surface area contributed by atoms with Gasteiger partial charge in [0.2, 0.25) is 0 Å². The highest BCUT2D eigenvalue weighted by Gasteiger charge is 2.44. The molecule has 1 unspecified atom stereocenters. The first-order valence-electron chi connectivity index (χ1n) is 5.16. The van der Waals surface area contributed by atoms with E-state index in [1.807, 2.05) is 0 Å². The largest absolute Gasteiger partial charge is 0.481 e. The Kier molecular flexibility index (Phi) is 2.81. The molecule has 1 aliphatic rings. The van der Waals surface area contributed by atoms with Crippen LogP contribution in [0.1, 0.15) is 30.0 Å². The van der Waals surface area contributed by atoms with Crippen molar-refractivity contribution in [2.24, 2.45) is 5.92 Å². The highest BCUT2D eigenvalue weighted by molar-refractivity contribution is 5.77. The van der Waals surface area contributed by atoms with Crippen LogP contribution in [0, 0.1) is 5.92 Å². The van der Waals surface area contributed by atoms with E-state index in [1.54, 1.807) is 0 Å². The van der Waals surface area contributed by atoms with Gasteiger partial charge in [0.05, 0.1) is 11.3 Å². The second kappa shape index (κ2) is 4.01. The molecule has 3 nitrogen and oxygen atoms in total. The van der Waals surface area contributed by atoms with Crippen molar-refractivity contribution in [3.8, 4) is 0 Å². The van der Waals surface area contributed by atoms with Gasteiger partial charge in [-0.05, 0) is 30.9 Å². The molecule has 1 aromatic rings.